The molecule has 0 fully saturated rings. The Balaban J connectivity index is 2.53. The van der Waals surface area contributed by atoms with Gasteiger partial charge in [-0.25, -0.2) is 0 Å². The number of halogens is 1. The molecule has 0 radical (unpaired) electrons. The van der Waals surface area contributed by atoms with E-state index in [0.29, 0.717) is 0 Å². The fraction of sp³-hybridized carbons (Fsp3) is 0.455. The molecule has 0 saturated carbocycles. The highest BCUT2D eigenvalue weighted by Crippen LogP contribution is 2.10. The first kappa shape index (κ1) is 10.0. The SMILES string of the molecule is CCCCc1ccc(CI)cc1. The number of rotatable bonds is 4. The Morgan fingerprint density at radius 1 is 1.08 bits per heavy atom. The van der Waals surface area contributed by atoms with Gasteiger partial charge in [-0.15, -0.1) is 0 Å². The van der Waals surface area contributed by atoms with E-state index in [2.05, 4.69) is 53.8 Å². The number of aryl methyl sites for hydroxylation is 1. The van der Waals surface area contributed by atoms with Crippen molar-refractivity contribution in [2.45, 2.75) is 30.6 Å². The van der Waals surface area contributed by atoms with Gasteiger partial charge in [-0.2, -0.15) is 0 Å². The summed E-state index contributed by atoms with van der Waals surface area (Å²) in [6, 6.07) is 8.97. The molecule has 1 aromatic carbocycles. The van der Waals surface area contributed by atoms with Crippen LogP contribution in [0.5, 0.6) is 0 Å². The summed E-state index contributed by atoms with van der Waals surface area (Å²) in [6.45, 7) is 2.24. The van der Waals surface area contributed by atoms with Crippen LogP contribution < -0.4 is 0 Å². The number of alkyl halides is 1. The van der Waals surface area contributed by atoms with E-state index < -0.39 is 0 Å². The monoisotopic (exact) mass is 274 g/mol. The molecule has 0 amide bonds. The fourth-order valence-electron chi connectivity index (χ4n) is 1.18. The van der Waals surface area contributed by atoms with Crippen molar-refractivity contribution in [3.63, 3.8) is 0 Å². The van der Waals surface area contributed by atoms with Crippen LogP contribution in [-0.2, 0) is 10.8 Å². The molecule has 0 bridgehead atoms. The molecule has 0 heterocycles. The zero-order valence-corrected chi connectivity index (χ0v) is 9.67. The number of hydrogen-bond donors (Lipinski definition) is 0. The van der Waals surface area contributed by atoms with Crippen molar-refractivity contribution in [2.75, 3.05) is 0 Å². The van der Waals surface area contributed by atoms with Crippen molar-refractivity contribution in [2.24, 2.45) is 0 Å². The first-order chi connectivity index (χ1) is 5.86. The Bertz CT molecular complexity index is 213. The summed E-state index contributed by atoms with van der Waals surface area (Å²) in [7, 11) is 0. The van der Waals surface area contributed by atoms with Gasteiger partial charge in [0.15, 0.2) is 0 Å². The third kappa shape index (κ3) is 3.13. The summed E-state index contributed by atoms with van der Waals surface area (Å²) in [5, 5.41) is 0. The molecule has 0 atom stereocenters. The van der Waals surface area contributed by atoms with Gasteiger partial charge in [0.05, 0.1) is 0 Å². The molecular formula is C11H15I. The normalized spacial score (nSPS) is 10.2. The van der Waals surface area contributed by atoms with E-state index in [9.17, 15) is 0 Å². The van der Waals surface area contributed by atoms with Gasteiger partial charge in [0.2, 0.25) is 0 Å². The second-order valence-electron chi connectivity index (χ2n) is 3.05. The van der Waals surface area contributed by atoms with Crippen LogP contribution >= 0.6 is 22.6 Å². The standard InChI is InChI=1S/C11H15I/c1-2-3-4-10-5-7-11(9-12)8-6-10/h5-8H,2-4,9H2,1H3. The molecular weight excluding hydrogens is 259 g/mol. The summed E-state index contributed by atoms with van der Waals surface area (Å²) in [4.78, 5) is 0. The lowest BCUT2D eigenvalue weighted by atomic mass is 10.1. The van der Waals surface area contributed by atoms with Crippen LogP contribution in [0.25, 0.3) is 0 Å². The molecule has 12 heavy (non-hydrogen) atoms. The Kier molecular flexibility index (Phi) is 4.66. The summed E-state index contributed by atoms with van der Waals surface area (Å²) in [6.07, 6.45) is 3.83. The topological polar surface area (TPSA) is 0 Å². The Labute approximate surface area is 88.5 Å². The van der Waals surface area contributed by atoms with Gasteiger partial charge in [0, 0.05) is 4.43 Å². The van der Waals surface area contributed by atoms with E-state index in [0.717, 1.165) is 4.43 Å². The smallest absolute Gasteiger partial charge is 0.0247 e. The van der Waals surface area contributed by atoms with Crippen LogP contribution in [0, 0.1) is 0 Å². The van der Waals surface area contributed by atoms with E-state index in [1.165, 1.54) is 30.4 Å². The lowest BCUT2D eigenvalue weighted by Crippen LogP contribution is -1.84. The first-order valence-corrected chi connectivity index (χ1v) is 6.03. The summed E-state index contributed by atoms with van der Waals surface area (Å²) >= 11 is 2.39. The van der Waals surface area contributed by atoms with Gasteiger partial charge in [-0.3, -0.25) is 0 Å². The minimum atomic E-state index is 1.12. The maximum atomic E-state index is 2.39. The molecule has 1 heteroatoms. The second kappa shape index (κ2) is 5.57. The molecule has 0 N–H and O–H groups in total. The fourth-order valence-corrected chi connectivity index (χ4v) is 1.68. The van der Waals surface area contributed by atoms with Gasteiger partial charge >= 0.3 is 0 Å². The number of hydrogen-bond acceptors (Lipinski definition) is 0. The van der Waals surface area contributed by atoms with E-state index in [1.54, 1.807) is 0 Å². The molecule has 0 aromatic heterocycles. The largest absolute Gasteiger partial charge is 0.0812 e. The van der Waals surface area contributed by atoms with Gasteiger partial charge in [-0.1, -0.05) is 60.2 Å². The molecule has 0 spiro atoms. The van der Waals surface area contributed by atoms with Gasteiger partial charge < -0.3 is 0 Å². The van der Waals surface area contributed by atoms with Gasteiger partial charge in [-0.05, 0) is 24.0 Å². The van der Waals surface area contributed by atoms with Crippen molar-refractivity contribution < 1.29 is 0 Å². The molecule has 0 aliphatic rings. The Hall–Kier alpha value is -0.0500. The average Bonchev–Trinajstić information content (AvgIpc) is 2.15. The highest BCUT2D eigenvalue weighted by atomic mass is 127. The maximum Gasteiger partial charge on any atom is 0.0247 e. The molecule has 1 rings (SSSR count). The highest BCUT2D eigenvalue weighted by Gasteiger charge is 1.92. The van der Waals surface area contributed by atoms with Crippen LogP contribution in [0.2, 0.25) is 0 Å². The van der Waals surface area contributed by atoms with E-state index in [-0.39, 0.29) is 0 Å². The Morgan fingerprint density at radius 2 is 1.67 bits per heavy atom. The summed E-state index contributed by atoms with van der Waals surface area (Å²) in [5.74, 6) is 0. The molecule has 1 aromatic rings. The van der Waals surface area contributed by atoms with Crippen LogP contribution in [-0.4, -0.2) is 0 Å². The van der Waals surface area contributed by atoms with E-state index >= 15 is 0 Å². The number of benzene rings is 1. The molecule has 0 saturated heterocycles. The lowest BCUT2D eigenvalue weighted by molar-refractivity contribution is 0.795. The minimum absolute atomic E-state index is 1.12. The molecule has 0 aliphatic carbocycles. The Morgan fingerprint density at radius 3 is 2.17 bits per heavy atom. The number of unbranched alkanes of at least 4 members (excludes halogenated alkanes) is 1. The third-order valence-corrected chi connectivity index (χ3v) is 2.88. The molecule has 0 nitrogen and oxygen atoms in total. The average molecular weight is 274 g/mol. The molecule has 0 unspecified atom stereocenters. The van der Waals surface area contributed by atoms with Crippen molar-refractivity contribution >= 4 is 22.6 Å². The predicted molar refractivity (Wildman–Crippen MR) is 62.8 cm³/mol. The van der Waals surface area contributed by atoms with E-state index in [4.69, 9.17) is 0 Å². The third-order valence-electron chi connectivity index (χ3n) is 2.00. The van der Waals surface area contributed by atoms with Crippen molar-refractivity contribution in [1.29, 1.82) is 0 Å². The quantitative estimate of drug-likeness (QED) is 0.575. The minimum Gasteiger partial charge on any atom is -0.0812 e. The second-order valence-corrected chi connectivity index (χ2v) is 3.82. The highest BCUT2D eigenvalue weighted by molar-refractivity contribution is 14.1. The maximum absolute atomic E-state index is 2.39. The molecule has 0 aliphatic heterocycles. The van der Waals surface area contributed by atoms with Crippen molar-refractivity contribution in [1.82, 2.24) is 0 Å². The van der Waals surface area contributed by atoms with E-state index in [1.807, 2.05) is 0 Å². The first-order valence-electron chi connectivity index (χ1n) is 4.50. The van der Waals surface area contributed by atoms with Crippen LogP contribution in [0.1, 0.15) is 30.9 Å². The summed E-state index contributed by atoms with van der Waals surface area (Å²) < 4.78 is 1.12. The van der Waals surface area contributed by atoms with Crippen LogP contribution in [0.3, 0.4) is 0 Å². The van der Waals surface area contributed by atoms with Crippen LogP contribution in [0.15, 0.2) is 24.3 Å². The van der Waals surface area contributed by atoms with Gasteiger partial charge in [0.25, 0.3) is 0 Å². The van der Waals surface area contributed by atoms with Gasteiger partial charge in [0.1, 0.15) is 0 Å². The van der Waals surface area contributed by atoms with Crippen molar-refractivity contribution in [3.8, 4) is 0 Å². The molecule has 66 valence electrons. The lowest BCUT2D eigenvalue weighted by Gasteiger charge is -2.00. The zero-order valence-electron chi connectivity index (χ0n) is 7.52. The van der Waals surface area contributed by atoms with Crippen molar-refractivity contribution in [3.05, 3.63) is 35.4 Å². The zero-order chi connectivity index (χ0) is 8.81. The van der Waals surface area contributed by atoms with Crippen LogP contribution in [0.4, 0.5) is 0 Å². The predicted octanol–water partition coefficient (Wildman–Crippen LogP) is 3.96. The summed E-state index contributed by atoms with van der Waals surface area (Å²) in [5.41, 5.74) is 2.90.